The molecule has 4 atom stereocenters. The molecule has 2 aromatic rings. The van der Waals surface area contributed by atoms with Gasteiger partial charge in [0, 0.05) is 30.1 Å². The zero-order chi connectivity index (χ0) is 31.4. The van der Waals surface area contributed by atoms with E-state index in [4.69, 9.17) is 22.9 Å². The highest BCUT2D eigenvalue weighted by Gasteiger charge is 2.31. The Morgan fingerprint density at radius 2 is 1.55 bits per heavy atom. The Morgan fingerprint density at radius 1 is 0.929 bits per heavy atom. The highest BCUT2D eigenvalue weighted by Crippen LogP contribution is 2.19. The van der Waals surface area contributed by atoms with Crippen LogP contribution in [-0.2, 0) is 30.4 Å². The second-order valence-corrected chi connectivity index (χ2v) is 10.4. The van der Waals surface area contributed by atoms with Crippen LogP contribution in [0.2, 0.25) is 0 Å². The summed E-state index contributed by atoms with van der Waals surface area (Å²) in [5.41, 5.74) is 23.2. The molecule has 0 saturated carbocycles. The Balaban J connectivity index is 2.26. The summed E-state index contributed by atoms with van der Waals surface area (Å²) in [4.78, 5) is 69.6. The number of nitrogens with two attached hydrogens (primary N) is 4. The van der Waals surface area contributed by atoms with Gasteiger partial charge in [-0.2, -0.15) is 0 Å². The van der Waals surface area contributed by atoms with E-state index in [2.05, 4.69) is 25.9 Å². The van der Waals surface area contributed by atoms with Crippen molar-refractivity contribution in [1.82, 2.24) is 20.9 Å². The summed E-state index contributed by atoms with van der Waals surface area (Å²) < 4.78 is 0. The quantitative estimate of drug-likeness (QED) is 0.0594. The number of primary amides is 1. The van der Waals surface area contributed by atoms with Gasteiger partial charge in [0.2, 0.25) is 23.6 Å². The second-order valence-electron chi connectivity index (χ2n) is 10.4. The molecule has 0 aliphatic carbocycles. The minimum absolute atomic E-state index is 0.0167. The molecule has 42 heavy (non-hydrogen) atoms. The number of rotatable bonds is 17. The summed E-state index contributed by atoms with van der Waals surface area (Å²) in [7, 11) is 0. The molecule has 1 aromatic heterocycles. The molecule has 2 rings (SSSR count). The van der Waals surface area contributed by atoms with Crippen molar-refractivity contribution in [3.05, 3.63) is 36.0 Å². The molecule has 13 N–H and O–H groups in total. The first-order valence-corrected chi connectivity index (χ1v) is 13.6. The average Bonchev–Trinajstić information content (AvgIpc) is 3.31. The Bertz CT molecular complexity index is 1290. The fraction of sp³-hybridized carbons (Fsp3) is 0.481. The van der Waals surface area contributed by atoms with Crippen molar-refractivity contribution >= 4 is 46.5 Å². The van der Waals surface area contributed by atoms with Crippen LogP contribution in [0.1, 0.15) is 45.1 Å². The number of aliphatic imine (C=N–C) groups is 1. The summed E-state index contributed by atoms with van der Waals surface area (Å²) in [5.74, 6) is -4.54. The van der Waals surface area contributed by atoms with Crippen LogP contribution in [0.3, 0.4) is 0 Å². The maximum Gasteiger partial charge on any atom is 0.326 e. The van der Waals surface area contributed by atoms with Gasteiger partial charge in [-0.1, -0.05) is 32.0 Å². The first-order valence-electron chi connectivity index (χ1n) is 13.6. The van der Waals surface area contributed by atoms with Crippen LogP contribution in [0, 0.1) is 5.92 Å². The number of nitrogens with zero attached hydrogens (tertiary/aromatic N) is 1. The average molecular weight is 588 g/mol. The van der Waals surface area contributed by atoms with Gasteiger partial charge in [0.15, 0.2) is 5.96 Å². The van der Waals surface area contributed by atoms with Crippen molar-refractivity contribution in [1.29, 1.82) is 0 Å². The number of fused-ring (bicyclic) bond motifs is 1. The first kappa shape index (κ1) is 33.5. The molecule has 15 heteroatoms. The van der Waals surface area contributed by atoms with Crippen LogP contribution < -0.4 is 38.9 Å². The van der Waals surface area contributed by atoms with Crippen LogP contribution in [0.15, 0.2) is 35.5 Å². The number of para-hydroxylation sites is 1. The lowest BCUT2D eigenvalue weighted by molar-refractivity contribution is -0.143. The zero-order valence-electron chi connectivity index (χ0n) is 23.8. The van der Waals surface area contributed by atoms with E-state index < -0.39 is 60.2 Å². The number of aromatic nitrogens is 1. The standard InChI is InChI=1S/C27H41N9O6/c1-14(2)10-19(34-23(38)17(28)7-5-9-32-27(30)31)24(39)35-20(25(40)36-21(26(41)42)12-22(29)37)11-15-13-33-18-8-4-3-6-16(15)18/h3-4,6,8,13-14,17,19-21,33H,5,7,9-12,28H2,1-2H3,(H2,29,37)(H,34,38)(H,35,39)(H,36,40)(H,41,42)(H4,30,31,32). The van der Waals surface area contributed by atoms with Gasteiger partial charge in [0.1, 0.15) is 18.1 Å². The summed E-state index contributed by atoms with van der Waals surface area (Å²) in [5, 5.41) is 17.9. The van der Waals surface area contributed by atoms with Gasteiger partial charge in [-0.25, -0.2) is 4.79 Å². The molecule has 0 bridgehead atoms. The van der Waals surface area contributed by atoms with Crippen molar-refractivity contribution in [2.75, 3.05) is 6.54 Å². The normalized spacial score (nSPS) is 13.9. The predicted molar refractivity (Wildman–Crippen MR) is 157 cm³/mol. The van der Waals surface area contributed by atoms with Gasteiger partial charge in [-0.15, -0.1) is 0 Å². The molecule has 15 nitrogen and oxygen atoms in total. The van der Waals surface area contributed by atoms with E-state index in [1.165, 1.54) is 0 Å². The molecule has 230 valence electrons. The molecule has 4 amide bonds. The number of carboxylic acid groups (broad SMARTS) is 1. The number of carboxylic acids is 1. The number of hydrogen-bond acceptors (Lipinski definition) is 7. The van der Waals surface area contributed by atoms with E-state index in [1.807, 2.05) is 38.1 Å². The predicted octanol–water partition coefficient (Wildman–Crippen LogP) is -1.45. The minimum atomic E-state index is -1.60. The number of carbonyl (C=O) groups is 5. The Labute approximate surface area is 243 Å². The van der Waals surface area contributed by atoms with Crippen molar-refractivity contribution in [2.24, 2.45) is 33.8 Å². The van der Waals surface area contributed by atoms with E-state index in [0.717, 1.165) is 10.9 Å². The fourth-order valence-corrected chi connectivity index (χ4v) is 4.31. The van der Waals surface area contributed by atoms with Gasteiger partial charge < -0.3 is 49.0 Å². The molecular weight excluding hydrogens is 546 g/mol. The van der Waals surface area contributed by atoms with E-state index in [9.17, 15) is 29.1 Å². The maximum atomic E-state index is 13.5. The highest BCUT2D eigenvalue weighted by molar-refractivity contribution is 5.95. The first-order chi connectivity index (χ1) is 19.8. The van der Waals surface area contributed by atoms with Gasteiger partial charge in [0.25, 0.3) is 0 Å². The van der Waals surface area contributed by atoms with Crippen LogP contribution in [0.4, 0.5) is 0 Å². The summed E-state index contributed by atoms with van der Waals surface area (Å²) >= 11 is 0. The number of H-pyrrole nitrogens is 1. The number of amides is 4. The minimum Gasteiger partial charge on any atom is -0.480 e. The molecule has 0 saturated heterocycles. The number of aromatic amines is 1. The third-order valence-corrected chi connectivity index (χ3v) is 6.40. The van der Waals surface area contributed by atoms with Crippen molar-refractivity contribution < 1.29 is 29.1 Å². The third kappa shape index (κ3) is 10.7. The molecule has 0 fully saturated rings. The molecule has 4 unspecified atom stereocenters. The van der Waals surface area contributed by atoms with Crippen molar-refractivity contribution in [3.8, 4) is 0 Å². The fourth-order valence-electron chi connectivity index (χ4n) is 4.31. The van der Waals surface area contributed by atoms with Gasteiger partial charge in [0.05, 0.1) is 12.5 Å². The van der Waals surface area contributed by atoms with Gasteiger partial charge >= 0.3 is 5.97 Å². The Hall–Kier alpha value is -4.66. The smallest absolute Gasteiger partial charge is 0.326 e. The van der Waals surface area contributed by atoms with Crippen LogP contribution in [0.25, 0.3) is 10.9 Å². The largest absolute Gasteiger partial charge is 0.480 e. The maximum absolute atomic E-state index is 13.5. The molecule has 0 spiro atoms. The highest BCUT2D eigenvalue weighted by atomic mass is 16.4. The van der Waals surface area contributed by atoms with Gasteiger partial charge in [-0.05, 0) is 36.8 Å². The van der Waals surface area contributed by atoms with E-state index in [1.54, 1.807) is 6.20 Å². The van der Waals surface area contributed by atoms with E-state index in [-0.39, 0.29) is 37.7 Å². The number of guanidine groups is 1. The van der Waals surface area contributed by atoms with Crippen LogP contribution in [-0.4, -0.2) is 76.4 Å². The molecule has 1 heterocycles. The van der Waals surface area contributed by atoms with Crippen molar-refractivity contribution in [3.63, 3.8) is 0 Å². The lowest BCUT2D eigenvalue weighted by Gasteiger charge is -2.26. The Morgan fingerprint density at radius 3 is 2.17 bits per heavy atom. The number of hydrogen-bond donors (Lipinski definition) is 9. The summed E-state index contributed by atoms with van der Waals surface area (Å²) in [6.07, 6.45) is 1.97. The van der Waals surface area contributed by atoms with Crippen LogP contribution >= 0.6 is 0 Å². The van der Waals surface area contributed by atoms with E-state index >= 15 is 0 Å². The number of carbonyl (C=O) groups excluding carboxylic acids is 4. The number of nitrogens with one attached hydrogen (secondary N) is 4. The molecular formula is C27H41N9O6. The number of benzene rings is 1. The van der Waals surface area contributed by atoms with E-state index in [0.29, 0.717) is 12.0 Å². The monoisotopic (exact) mass is 587 g/mol. The Kier molecular flexibility index (Phi) is 12.7. The number of aliphatic carboxylic acids is 1. The van der Waals surface area contributed by atoms with Crippen molar-refractivity contribution in [2.45, 2.75) is 70.1 Å². The molecule has 1 aromatic carbocycles. The van der Waals surface area contributed by atoms with Crippen LogP contribution in [0.5, 0.6) is 0 Å². The lowest BCUT2D eigenvalue weighted by atomic mass is 10.00. The molecule has 0 aliphatic heterocycles. The SMILES string of the molecule is CC(C)CC(NC(=O)C(N)CCCN=C(N)N)C(=O)NC(Cc1c[nH]c2ccccc12)C(=O)NC(CC(N)=O)C(=O)O. The summed E-state index contributed by atoms with van der Waals surface area (Å²) in [6, 6.07) is 2.50. The lowest BCUT2D eigenvalue weighted by Crippen LogP contribution is -2.58. The summed E-state index contributed by atoms with van der Waals surface area (Å²) in [6.45, 7) is 4.01. The second kappa shape index (κ2) is 16.0. The topological polar surface area (TPSA) is 274 Å². The third-order valence-electron chi connectivity index (χ3n) is 6.40. The van der Waals surface area contributed by atoms with Gasteiger partial charge in [-0.3, -0.25) is 24.2 Å². The molecule has 0 aliphatic rings. The molecule has 0 radical (unpaired) electrons. The zero-order valence-corrected chi connectivity index (χ0v) is 23.8.